The van der Waals surface area contributed by atoms with Crippen LogP contribution < -0.4 is 10.1 Å². The van der Waals surface area contributed by atoms with Gasteiger partial charge in [0.2, 0.25) is 0 Å². The largest absolute Gasteiger partial charge is 0.496 e. The normalized spacial score (nSPS) is 12.0. The Morgan fingerprint density at radius 3 is 2.78 bits per heavy atom. The molecule has 0 heterocycles. The third-order valence-corrected chi connectivity index (χ3v) is 2.68. The lowest BCUT2D eigenvalue weighted by molar-refractivity contribution is 0.0899. The van der Waals surface area contributed by atoms with E-state index in [0.29, 0.717) is 0 Å². The van der Waals surface area contributed by atoms with Crippen molar-refractivity contribution >= 4 is 17.5 Å². The van der Waals surface area contributed by atoms with Gasteiger partial charge in [-0.2, -0.15) is 0 Å². The summed E-state index contributed by atoms with van der Waals surface area (Å²) in [7, 11) is 2.87. The standard InChI is InChI=1S/C12H15ClFNO3/c1-17-7-8(6-13)15-12(16)11-9(14)4-3-5-10(11)18-2/h3-5,8H,6-7H2,1-2H3,(H,15,16). The van der Waals surface area contributed by atoms with Crippen LogP contribution in [-0.4, -0.2) is 38.7 Å². The molecule has 0 aromatic heterocycles. The van der Waals surface area contributed by atoms with E-state index in [-0.39, 0.29) is 29.8 Å². The summed E-state index contributed by atoms with van der Waals surface area (Å²) in [5.41, 5.74) is -0.133. The fourth-order valence-electron chi connectivity index (χ4n) is 1.48. The Bertz CT molecular complexity index is 414. The van der Waals surface area contributed by atoms with Crippen LogP contribution in [0.4, 0.5) is 4.39 Å². The van der Waals surface area contributed by atoms with Gasteiger partial charge in [0, 0.05) is 13.0 Å². The SMILES string of the molecule is COCC(CCl)NC(=O)c1c(F)cccc1OC. The Morgan fingerprint density at radius 1 is 1.50 bits per heavy atom. The van der Waals surface area contributed by atoms with E-state index < -0.39 is 11.7 Å². The first kappa shape index (κ1) is 14.7. The summed E-state index contributed by atoms with van der Waals surface area (Å²) in [5, 5.41) is 2.58. The Morgan fingerprint density at radius 2 is 2.22 bits per heavy atom. The van der Waals surface area contributed by atoms with Crippen molar-refractivity contribution in [3.05, 3.63) is 29.6 Å². The van der Waals surface area contributed by atoms with E-state index in [0.717, 1.165) is 0 Å². The molecule has 1 N–H and O–H groups in total. The third kappa shape index (κ3) is 3.58. The van der Waals surface area contributed by atoms with Crippen LogP contribution in [0.15, 0.2) is 18.2 Å². The number of rotatable bonds is 6. The number of carbonyl (C=O) groups is 1. The van der Waals surface area contributed by atoms with E-state index in [1.165, 1.54) is 32.4 Å². The summed E-state index contributed by atoms with van der Waals surface area (Å²) in [6, 6.07) is 3.81. The van der Waals surface area contributed by atoms with Gasteiger partial charge < -0.3 is 14.8 Å². The van der Waals surface area contributed by atoms with E-state index >= 15 is 0 Å². The molecule has 6 heteroatoms. The zero-order valence-corrected chi connectivity index (χ0v) is 11.0. The monoisotopic (exact) mass is 275 g/mol. The van der Waals surface area contributed by atoms with Crippen LogP contribution >= 0.6 is 11.6 Å². The molecule has 0 saturated carbocycles. The lowest BCUT2D eigenvalue weighted by atomic mass is 10.1. The molecule has 1 atom stereocenters. The van der Waals surface area contributed by atoms with E-state index in [4.69, 9.17) is 21.1 Å². The number of alkyl halides is 1. The Balaban J connectivity index is 2.89. The number of ether oxygens (including phenoxy) is 2. The molecule has 0 radical (unpaired) electrons. The molecule has 0 fully saturated rings. The number of hydrogen-bond acceptors (Lipinski definition) is 3. The molecular formula is C12H15ClFNO3. The van der Waals surface area contributed by atoms with E-state index in [9.17, 15) is 9.18 Å². The minimum absolute atomic E-state index is 0.133. The fourth-order valence-corrected chi connectivity index (χ4v) is 1.64. The number of methoxy groups -OCH3 is 2. The quantitative estimate of drug-likeness (QED) is 0.806. The van der Waals surface area contributed by atoms with Gasteiger partial charge in [0.15, 0.2) is 0 Å². The highest BCUT2D eigenvalue weighted by molar-refractivity contribution is 6.18. The molecule has 0 bridgehead atoms. The van der Waals surface area contributed by atoms with Crippen LogP contribution in [0.3, 0.4) is 0 Å². The molecule has 1 aromatic carbocycles. The highest BCUT2D eigenvalue weighted by Crippen LogP contribution is 2.21. The second-order valence-corrected chi connectivity index (χ2v) is 3.91. The van der Waals surface area contributed by atoms with Crippen molar-refractivity contribution in [1.29, 1.82) is 0 Å². The minimum atomic E-state index is -0.641. The number of halogens is 2. The van der Waals surface area contributed by atoms with Gasteiger partial charge in [0.25, 0.3) is 5.91 Å². The first-order valence-electron chi connectivity index (χ1n) is 5.32. The lowest BCUT2D eigenvalue weighted by Crippen LogP contribution is -2.39. The van der Waals surface area contributed by atoms with Crippen LogP contribution in [0, 0.1) is 5.82 Å². The summed E-state index contributed by atoms with van der Waals surface area (Å²) < 4.78 is 23.5. The Kier molecular flexibility index (Phi) is 5.88. The molecule has 0 aliphatic rings. The Hall–Kier alpha value is -1.33. The summed E-state index contributed by atoms with van der Waals surface area (Å²) in [6.07, 6.45) is 0. The smallest absolute Gasteiger partial charge is 0.258 e. The second kappa shape index (κ2) is 7.18. The molecule has 4 nitrogen and oxygen atoms in total. The predicted octanol–water partition coefficient (Wildman–Crippen LogP) is 1.82. The van der Waals surface area contributed by atoms with Gasteiger partial charge in [-0.25, -0.2) is 4.39 Å². The highest BCUT2D eigenvalue weighted by atomic mass is 35.5. The number of nitrogens with one attached hydrogen (secondary N) is 1. The zero-order chi connectivity index (χ0) is 13.5. The zero-order valence-electron chi connectivity index (χ0n) is 10.2. The molecule has 1 aromatic rings. The summed E-state index contributed by atoms with van der Waals surface area (Å²) in [6.45, 7) is 0.256. The first-order chi connectivity index (χ1) is 8.63. The number of benzene rings is 1. The number of amides is 1. The first-order valence-corrected chi connectivity index (χ1v) is 5.85. The van der Waals surface area contributed by atoms with Crippen molar-refractivity contribution in [2.75, 3.05) is 26.7 Å². The number of hydrogen-bond donors (Lipinski definition) is 1. The van der Waals surface area contributed by atoms with Gasteiger partial charge in [0.05, 0.1) is 19.8 Å². The molecule has 0 aliphatic carbocycles. The number of carbonyl (C=O) groups excluding carboxylic acids is 1. The molecule has 18 heavy (non-hydrogen) atoms. The van der Waals surface area contributed by atoms with E-state index in [1.807, 2.05) is 0 Å². The lowest BCUT2D eigenvalue weighted by Gasteiger charge is -2.16. The molecule has 1 rings (SSSR count). The summed E-state index contributed by atoms with van der Waals surface area (Å²) in [5.74, 6) is -0.862. The van der Waals surface area contributed by atoms with Crippen molar-refractivity contribution in [2.24, 2.45) is 0 Å². The van der Waals surface area contributed by atoms with Gasteiger partial charge in [-0.1, -0.05) is 6.07 Å². The van der Waals surface area contributed by atoms with Crippen LogP contribution in [0.2, 0.25) is 0 Å². The van der Waals surface area contributed by atoms with E-state index in [1.54, 1.807) is 0 Å². The van der Waals surface area contributed by atoms with Crippen LogP contribution in [0.25, 0.3) is 0 Å². The van der Waals surface area contributed by atoms with Crippen LogP contribution in [0.1, 0.15) is 10.4 Å². The molecule has 0 saturated heterocycles. The molecule has 1 amide bonds. The van der Waals surface area contributed by atoms with Gasteiger partial charge in [-0.3, -0.25) is 4.79 Å². The van der Waals surface area contributed by atoms with Gasteiger partial charge >= 0.3 is 0 Å². The topological polar surface area (TPSA) is 47.6 Å². The van der Waals surface area contributed by atoms with E-state index in [2.05, 4.69) is 5.32 Å². The Labute approximate surface area is 110 Å². The maximum atomic E-state index is 13.6. The van der Waals surface area contributed by atoms with Crippen molar-refractivity contribution in [1.82, 2.24) is 5.32 Å². The highest BCUT2D eigenvalue weighted by Gasteiger charge is 2.20. The van der Waals surface area contributed by atoms with Gasteiger partial charge in [0.1, 0.15) is 17.1 Å². The van der Waals surface area contributed by atoms with Crippen LogP contribution in [-0.2, 0) is 4.74 Å². The van der Waals surface area contributed by atoms with Gasteiger partial charge in [-0.15, -0.1) is 11.6 Å². The van der Waals surface area contributed by atoms with Gasteiger partial charge in [-0.05, 0) is 12.1 Å². The van der Waals surface area contributed by atoms with Crippen LogP contribution in [0.5, 0.6) is 5.75 Å². The van der Waals surface area contributed by atoms with Crippen molar-refractivity contribution in [3.63, 3.8) is 0 Å². The molecule has 0 spiro atoms. The van der Waals surface area contributed by atoms with Crippen molar-refractivity contribution < 1.29 is 18.7 Å². The van der Waals surface area contributed by atoms with Crippen molar-refractivity contribution in [2.45, 2.75) is 6.04 Å². The minimum Gasteiger partial charge on any atom is -0.496 e. The molecule has 1 unspecified atom stereocenters. The maximum absolute atomic E-state index is 13.6. The molecule has 0 aliphatic heterocycles. The average Bonchev–Trinajstić information content (AvgIpc) is 2.37. The maximum Gasteiger partial charge on any atom is 0.258 e. The predicted molar refractivity (Wildman–Crippen MR) is 66.8 cm³/mol. The third-order valence-electron chi connectivity index (χ3n) is 2.31. The molecular weight excluding hydrogens is 261 g/mol. The van der Waals surface area contributed by atoms with Crippen molar-refractivity contribution in [3.8, 4) is 5.75 Å². The summed E-state index contributed by atoms with van der Waals surface area (Å²) in [4.78, 5) is 11.9. The molecule has 100 valence electrons. The average molecular weight is 276 g/mol. The second-order valence-electron chi connectivity index (χ2n) is 3.60. The fraction of sp³-hybridized carbons (Fsp3) is 0.417. The summed E-state index contributed by atoms with van der Waals surface area (Å²) >= 11 is 5.67.